The van der Waals surface area contributed by atoms with Gasteiger partial charge >= 0.3 is 5.97 Å². The number of carbonyl (C=O) groups is 2. The summed E-state index contributed by atoms with van der Waals surface area (Å²) in [6.45, 7) is 0. The fraction of sp³-hybridized carbons (Fsp3) is 0.308. The zero-order valence-electron chi connectivity index (χ0n) is 19.5. The van der Waals surface area contributed by atoms with Crippen molar-refractivity contribution in [2.24, 2.45) is 5.73 Å². The number of hydrogen-bond donors (Lipinski definition) is 1. The minimum Gasteiger partial charge on any atom is -0.493 e. The van der Waals surface area contributed by atoms with Gasteiger partial charge in [-0.2, -0.15) is 0 Å². The summed E-state index contributed by atoms with van der Waals surface area (Å²) in [5, 5.41) is 0. The third-order valence-electron chi connectivity index (χ3n) is 6.24. The Bertz CT molecular complexity index is 1160. The van der Waals surface area contributed by atoms with Crippen LogP contribution in [0.5, 0.6) is 17.2 Å². The van der Waals surface area contributed by atoms with Crippen LogP contribution in [-0.2, 0) is 19.1 Å². The number of ether oxygens (including phenoxy) is 5. The van der Waals surface area contributed by atoms with Crippen LogP contribution in [0.15, 0.2) is 65.3 Å². The van der Waals surface area contributed by atoms with E-state index in [2.05, 4.69) is 0 Å². The highest BCUT2D eigenvalue weighted by Gasteiger charge is 2.43. The summed E-state index contributed by atoms with van der Waals surface area (Å²) in [5.41, 5.74) is 8.29. The number of rotatable bonds is 6. The summed E-state index contributed by atoms with van der Waals surface area (Å²) < 4.78 is 27.3. The second kappa shape index (κ2) is 9.51. The molecule has 0 aromatic heterocycles. The maximum absolute atomic E-state index is 13.6. The highest BCUT2D eigenvalue weighted by molar-refractivity contribution is 6.03. The van der Waals surface area contributed by atoms with Crippen LogP contribution in [0.4, 0.5) is 0 Å². The van der Waals surface area contributed by atoms with Gasteiger partial charge in [0.15, 0.2) is 17.3 Å². The Kier molecular flexibility index (Phi) is 6.49. The van der Waals surface area contributed by atoms with Crippen molar-refractivity contribution in [3.05, 3.63) is 76.4 Å². The van der Waals surface area contributed by atoms with E-state index >= 15 is 0 Å². The number of carbonyl (C=O) groups excluding carboxylic acids is 2. The Morgan fingerprint density at radius 1 is 0.941 bits per heavy atom. The van der Waals surface area contributed by atoms with Gasteiger partial charge in [-0.25, -0.2) is 4.79 Å². The van der Waals surface area contributed by atoms with E-state index in [1.54, 1.807) is 12.1 Å². The molecular formula is C26H27NO7. The number of nitrogens with two attached hydrogens (primary N) is 1. The van der Waals surface area contributed by atoms with Gasteiger partial charge in [0.25, 0.3) is 0 Å². The zero-order chi connectivity index (χ0) is 24.4. The van der Waals surface area contributed by atoms with Gasteiger partial charge in [-0.1, -0.05) is 30.3 Å². The molecule has 0 unspecified atom stereocenters. The fourth-order valence-corrected chi connectivity index (χ4v) is 4.68. The van der Waals surface area contributed by atoms with Crippen molar-refractivity contribution >= 4 is 11.8 Å². The molecule has 1 aliphatic heterocycles. The molecule has 2 aliphatic rings. The quantitative estimate of drug-likeness (QED) is 0.646. The molecule has 8 heteroatoms. The second-order valence-electron chi connectivity index (χ2n) is 8.04. The Hall–Kier alpha value is -3.94. The monoisotopic (exact) mass is 465 g/mol. The van der Waals surface area contributed by atoms with Gasteiger partial charge in [0, 0.05) is 18.4 Å². The molecule has 4 rings (SSSR count). The summed E-state index contributed by atoms with van der Waals surface area (Å²) in [4.78, 5) is 26.3. The third kappa shape index (κ3) is 3.96. The number of allylic oxidation sites excluding steroid dienone is 2. The topological polar surface area (TPSA) is 106 Å². The van der Waals surface area contributed by atoms with Crippen LogP contribution in [0.2, 0.25) is 0 Å². The lowest BCUT2D eigenvalue weighted by Gasteiger charge is -2.35. The highest BCUT2D eigenvalue weighted by Crippen LogP contribution is 2.50. The molecule has 0 amide bonds. The molecule has 0 radical (unpaired) electrons. The van der Waals surface area contributed by atoms with Gasteiger partial charge in [-0.15, -0.1) is 0 Å². The van der Waals surface area contributed by atoms with Gasteiger partial charge in [-0.3, -0.25) is 4.79 Å². The maximum atomic E-state index is 13.6. The number of benzene rings is 2. The van der Waals surface area contributed by atoms with Crippen molar-refractivity contribution in [2.75, 3.05) is 28.4 Å². The van der Waals surface area contributed by atoms with Gasteiger partial charge in [0.2, 0.25) is 11.6 Å². The van der Waals surface area contributed by atoms with Crippen LogP contribution in [0.3, 0.4) is 0 Å². The first-order chi connectivity index (χ1) is 16.4. The number of esters is 1. The first kappa shape index (κ1) is 23.2. The lowest BCUT2D eigenvalue weighted by Crippen LogP contribution is -2.33. The van der Waals surface area contributed by atoms with E-state index in [0.717, 1.165) is 5.56 Å². The van der Waals surface area contributed by atoms with Crippen LogP contribution in [-0.4, -0.2) is 40.2 Å². The average Bonchev–Trinajstić information content (AvgIpc) is 2.86. The van der Waals surface area contributed by atoms with E-state index in [4.69, 9.17) is 29.4 Å². The van der Waals surface area contributed by atoms with Crippen molar-refractivity contribution in [2.45, 2.75) is 24.7 Å². The number of ketones is 1. The smallest absolute Gasteiger partial charge is 0.340 e. The summed E-state index contributed by atoms with van der Waals surface area (Å²) in [5.74, 6) is -0.138. The number of methoxy groups -OCH3 is 4. The Balaban J connectivity index is 1.89. The van der Waals surface area contributed by atoms with E-state index in [1.165, 1.54) is 28.4 Å². The molecule has 0 fully saturated rings. The highest BCUT2D eigenvalue weighted by atomic mass is 16.5. The summed E-state index contributed by atoms with van der Waals surface area (Å²) in [7, 11) is 5.75. The predicted molar refractivity (Wildman–Crippen MR) is 124 cm³/mol. The van der Waals surface area contributed by atoms with Gasteiger partial charge in [-0.05, 0) is 29.2 Å². The molecule has 2 aromatic rings. The molecule has 2 aromatic carbocycles. The lowest BCUT2D eigenvalue weighted by molar-refractivity contribution is -0.136. The minimum atomic E-state index is -0.811. The molecule has 0 saturated carbocycles. The maximum Gasteiger partial charge on any atom is 0.340 e. The van der Waals surface area contributed by atoms with E-state index in [9.17, 15) is 9.59 Å². The second-order valence-corrected chi connectivity index (χ2v) is 8.04. The van der Waals surface area contributed by atoms with Crippen LogP contribution in [0.25, 0.3) is 0 Å². The molecule has 0 spiro atoms. The first-order valence-corrected chi connectivity index (χ1v) is 10.8. The predicted octanol–water partition coefficient (Wildman–Crippen LogP) is 3.57. The van der Waals surface area contributed by atoms with E-state index in [1.807, 2.05) is 30.3 Å². The van der Waals surface area contributed by atoms with E-state index in [-0.39, 0.29) is 29.6 Å². The van der Waals surface area contributed by atoms with Gasteiger partial charge in [0.1, 0.15) is 11.3 Å². The largest absolute Gasteiger partial charge is 0.493 e. The zero-order valence-corrected chi connectivity index (χ0v) is 19.5. The first-order valence-electron chi connectivity index (χ1n) is 10.8. The Labute approximate surface area is 197 Å². The van der Waals surface area contributed by atoms with Crippen LogP contribution < -0.4 is 19.9 Å². The lowest BCUT2D eigenvalue weighted by atomic mass is 9.73. The average molecular weight is 466 g/mol. The summed E-state index contributed by atoms with van der Waals surface area (Å²) in [6.07, 6.45) is 0.753. The van der Waals surface area contributed by atoms with Crippen LogP contribution >= 0.6 is 0 Å². The molecule has 0 saturated heterocycles. The molecule has 1 aliphatic carbocycles. The molecule has 178 valence electrons. The van der Waals surface area contributed by atoms with Crippen molar-refractivity contribution in [3.8, 4) is 17.2 Å². The normalized spacial score (nSPS) is 19.8. The molecule has 8 nitrogen and oxygen atoms in total. The summed E-state index contributed by atoms with van der Waals surface area (Å²) in [6, 6.07) is 13.2. The van der Waals surface area contributed by atoms with E-state index in [0.29, 0.717) is 40.6 Å². The fourth-order valence-electron chi connectivity index (χ4n) is 4.68. The molecule has 0 bridgehead atoms. The molecule has 34 heavy (non-hydrogen) atoms. The van der Waals surface area contributed by atoms with Gasteiger partial charge < -0.3 is 29.4 Å². The summed E-state index contributed by atoms with van der Waals surface area (Å²) >= 11 is 0. The van der Waals surface area contributed by atoms with Crippen LogP contribution in [0.1, 0.15) is 35.8 Å². The standard InChI is InChI=1S/C26H27NO7/c1-30-19-12-16(13-20(31-2)24(19)32-3)21-22-17(28)10-15(14-8-6-5-7-9-14)11-18(22)34-25(27)23(21)26(29)33-4/h5-9,12-13,15,21H,10-11,27H2,1-4H3/t15-,21-/m1/s1. The SMILES string of the molecule is COC(=O)C1=C(N)OC2=C(C(=O)C[C@@H](c3ccccc3)C2)[C@H]1c1cc(OC)c(OC)c(OC)c1. The number of hydrogen-bond acceptors (Lipinski definition) is 8. The minimum absolute atomic E-state index is 0.0551. The molecular weight excluding hydrogens is 438 g/mol. The molecule has 2 N–H and O–H groups in total. The Morgan fingerprint density at radius 3 is 2.15 bits per heavy atom. The van der Waals surface area contributed by atoms with Crippen molar-refractivity contribution < 1.29 is 33.3 Å². The third-order valence-corrected chi connectivity index (χ3v) is 6.24. The molecule has 2 atom stereocenters. The Morgan fingerprint density at radius 2 is 1.59 bits per heavy atom. The van der Waals surface area contributed by atoms with E-state index < -0.39 is 11.9 Å². The van der Waals surface area contributed by atoms with Crippen molar-refractivity contribution in [1.29, 1.82) is 0 Å². The van der Waals surface area contributed by atoms with Crippen molar-refractivity contribution in [3.63, 3.8) is 0 Å². The number of Topliss-reactive ketones (excluding diaryl/α,β-unsaturated/α-hetero) is 1. The molecule has 1 heterocycles. The van der Waals surface area contributed by atoms with Crippen molar-refractivity contribution in [1.82, 2.24) is 0 Å². The van der Waals surface area contributed by atoms with Gasteiger partial charge in [0.05, 0.1) is 34.4 Å². The van der Waals surface area contributed by atoms with Crippen LogP contribution in [0, 0.1) is 0 Å².